The monoisotopic (exact) mass is 418 g/mol. The van der Waals surface area contributed by atoms with Crippen molar-refractivity contribution < 1.29 is 26.0 Å². The highest BCUT2D eigenvalue weighted by Crippen LogP contribution is 2.35. The Hall–Kier alpha value is -2.10. The predicted octanol–water partition coefficient (Wildman–Crippen LogP) is 4.88. The molecule has 0 N–H and O–H groups in total. The maximum Gasteiger partial charge on any atom is 0.416 e. The highest BCUT2D eigenvalue weighted by Gasteiger charge is 2.34. The van der Waals surface area contributed by atoms with Gasteiger partial charge in [0.15, 0.2) is 5.58 Å². The van der Waals surface area contributed by atoms with E-state index in [-0.39, 0.29) is 5.89 Å². The Morgan fingerprint density at radius 1 is 1.19 bits per heavy atom. The smallest absolute Gasteiger partial charge is 0.416 e. The van der Waals surface area contributed by atoms with Gasteiger partial charge in [0.2, 0.25) is 15.9 Å². The third-order valence-electron chi connectivity index (χ3n) is 4.13. The molecule has 0 aliphatic heterocycles. The second kappa shape index (κ2) is 6.81. The zero-order valence-electron chi connectivity index (χ0n) is 14.2. The van der Waals surface area contributed by atoms with Gasteiger partial charge >= 0.3 is 6.18 Å². The Bertz CT molecular complexity index is 1060. The molecule has 1 unspecified atom stereocenters. The molecule has 3 rings (SSSR count). The van der Waals surface area contributed by atoms with E-state index >= 15 is 0 Å². The molecule has 0 fully saturated rings. The van der Waals surface area contributed by atoms with Crippen LogP contribution in [0.5, 0.6) is 0 Å². The fraction of sp³-hybridized carbons (Fsp3) is 0.235. The highest BCUT2D eigenvalue weighted by atomic mass is 35.5. The first-order chi connectivity index (χ1) is 12.5. The molecule has 0 spiro atoms. The van der Waals surface area contributed by atoms with Gasteiger partial charge in [-0.3, -0.25) is 0 Å². The third kappa shape index (κ3) is 3.67. The number of fused-ring (bicyclic) bond motifs is 1. The highest BCUT2D eigenvalue weighted by molar-refractivity contribution is 7.89. The van der Waals surface area contributed by atoms with E-state index in [0.717, 1.165) is 10.4 Å². The number of nitrogens with zero attached hydrogens (tertiary/aromatic N) is 2. The van der Waals surface area contributed by atoms with E-state index in [4.69, 9.17) is 16.0 Å². The average Bonchev–Trinajstić information content (AvgIpc) is 3.03. The number of rotatable bonds is 4. The second-order valence-electron chi connectivity index (χ2n) is 5.86. The molecule has 1 aromatic heterocycles. The molecule has 2 aromatic carbocycles. The van der Waals surface area contributed by atoms with Gasteiger partial charge in [-0.2, -0.15) is 17.5 Å². The molecule has 0 amide bonds. The van der Waals surface area contributed by atoms with Crippen molar-refractivity contribution in [1.82, 2.24) is 9.29 Å². The van der Waals surface area contributed by atoms with Gasteiger partial charge in [0.05, 0.1) is 16.6 Å². The summed E-state index contributed by atoms with van der Waals surface area (Å²) in [6.07, 6.45) is -4.62. The summed E-state index contributed by atoms with van der Waals surface area (Å²) in [5.41, 5.74) is 0.0384. The van der Waals surface area contributed by atoms with Crippen LogP contribution in [0.2, 0.25) is 5.02 Å². The molecule has 0 aliphatic carbocycles. The van der Waals surface area contributed by atoms with Gasteiger partial charge in [-0.25, -0.2) is 13.4 Å². The van der Waals surface area contributed by atoms with Crippen molar-refractivity contribution in [1.29, 1.82) is 0 Å². The van der Waals surface area contributed by atoms with Crippen molar-refractivity contribution >= 4 is 32.7 Å². The minimum absolute atomic E-state index is 0.158. The van der Waals surface area contributed by atoms with Gasteiger partial charge in [0, 0.05) is 7.05 Å². The van der Waals surface area contributed by atoms with Crippen LogP contribution < -0.4 is 0 Å². The van der Waals surface area contributed by atoms with E-state index in [1.165, 1.54) is 7.05 Å². The fourth-order valence-electron chi connectivity index (χ4n) is 2.47. The van der Waals surface area contributed by atoms with Crippen LogP contribution in [0.25, 0.3) is 11.1 Å². The van der Waals surface area contributed by atoms with Crippen molar-refractivity contribution in [2.75, 3.05) is 7.05 Å². The number of halogens is 4. The first kappa shape index (κ1) is 19.7. The second-order valence-corrected chi connectivity index (χ2v) is 8.23. The zero-order valence-corrected chi connectivity index (χ0v) is 15.7. The SMILES string of the molecule is CC(c1nc2ccccc2o1)N(C)S(=O)(=O)c1ccc(C(F)(F)F)cc1Cl. The summed E-state index contributed by atoms with van der Waals surface area (Å²) in [5.74, 6) is 0.158. The van der Waals surface area contributed by atoms with Gasteiger partial charge in [-0.15, -0.1) is 0 Å². The lowest BCUT2D eigenvalue weighted by Crippen LogP contribution is -2.30. The Morgan fingerprint density at radius 3 is 2.44 bits per heavy atom. The summed E-state index contributed by atoms with van der Waals surface area (Å²) < 4.78 is 70.5. The molecule has 1 atom stereocenters. The first-order valence-electron chi connectivity index (χ1n) is 7.72. The number of sulfonamides is 1. The summed E-state index contributed by atoms with van der Waals surface area (Å²) >= 11 is 5.83. The summed E-state index contributed by atoms with van der Waals surface area (Å²) in [6, 6.07) is 8.24. The molecule has 0 aliphatic rings. The van der Waals surface area contributed by atoms with Gasteiger partial charge in [-0.1, -0.05) is 23.7 Å². The Morgan fingerprint density at radius 2 is 1.85 bits per heavy atom. The van der Waals surface area contributed by atoms with E-state index in [9.17, 15) is 21.6 Å². The number of alkyl halides is 3. The van der Waals surface area contributed by atoms with Crippen LogP contribution in [0.3, 0.4) is 0 Å². The molecule has 5 nitrogen and oxygen atoms in total. The molecule has 0 saturated carbocycles. The van der Waals surface area contributed by atoms with Gasteiger partial charge in [0.25, 0.3) is 0 Å². The van der Waals surface area contributed by atoms with Crippen LogP contribution in [-0.4, -0.2) is 24.8 Å². The minimum Gasteiger partial charge on any atom is -0.439 e. The lowest BCUT2D eigenvalue weighted by Gasteiger charge is -2.22. The topological polar surface area (TPSA) is 63.4 Å². The summed E-state index contributed by atoms with van der Waals surface area (Å²) in [4.78, 5) is 3.83. The van der Waals surface area contributed by atoms with Crippen LogP contribution in [-0.2, 0) is 16.2 Å². The van der Waals surface area contributed by atoms with Crippen LogP contribution >= 0.6 is 11.6 Å². The number of benzene rings is 2. The molecule has 0 radical (unpaired) electrons. The minimum atomic E-state index is -4.62. The molecule has 0 saturated heterocycles. The Balaban J connectivity index is 1.96. The molecule has 27 heavy (non-hydrogen) atoms. The number of aromatic nitrogens is 1. The first-order valence-corrected chi connectivity index (χ1v) is 9.54. The molecule has 1 heterocycles. The lowest BCUT2D eigenvalue weighted by atomic mass is 10.2. The van der Waals surface area contributed by atoms with Gasteiger partial charge in [-0.05, 0) is 37.3 Å². The quantitative estimate of drug-likeness (QED) is 0.605. The maximum atomic E-state index is 12.8. The van der Waals surface area contributed by atoms with E-state index in [2.05, 4.69) is 4.98 Å². The van der Waals surface area contributed by atoms with E-state index < -0.39 is 37.7 Å². The summed E-state index contributed by atoms with van der Waals surface area (Å²) in [7, 11) is -2.90. The molecule has 0 bridgehead atoms. The zero-order chi connectivity index (χ0) is 20.0. The van der Waals surface area contributed by atoms with Crippen molar-refractivity contribution in [3.05, 3.63) is 58.9 Å². The molecular weight excluding hydrogens is 405 g/mol. The van der Waals surface area contributed by atoms with Crippen molar-refractivity contribution in [2.24, 2.45) is 0 Å². The Kier molecular flexibility index (Phi) is 4.96. The standard InChI is InChI=1S/C17H14ClF3N2O3S/c1-10(16-22-13-5-3-4-6-14(13)26-16)23(2)27(24,25)15-8-7-11(9-12(15)18)17(19,20)21/h3-10H,1-2H3. The lowest BCUT2D eigenvalue weighted by molar-refractivity contribution is -0.137. The molecule has 3 aromatic rings. The van der Waals surface area contributed by atoms with Crippen LogP contribution in [0.4, 0.5) is 13.2 Å². The van der Waals surface area contributed by atoms with Gasteiger partial charge < -0.3 is 4.42 Å². The largest absolute Gasteiger partial charge is 0.439 e. The van der Waals surface area contributed by atoms with Crippen molar-refractivity contribution in [3.8, 4) is 0 Å². The third-order valence-corrected chi connectivity index (χ3v) is 6.54. The summed E-state index contributed by atoms with van der Waals surface area (Å²) in [6.45, 7) is 1.56. The predicted molar refractivity (Wildman–Crippen MR) is 93.8 cm³/mol. The normalized spacial score (nSPS) is 14.0. The summed E-state index contributed by atoms with van der Waals surface area (Å²) in [5, 5.41) is -0.513. The van der Waals surface area contributed by atoms with Crippen LogP contribution in [0.1, 0.15) is 24.4 Å². The van der Waals surface area contributed by atoms with Crippen LogP contribution in [0.15, 0.2) is 51.8 Å². The van der Waals surface area contributed by atoms with E-state index in [0.29, 0.717) is 23.2 Å². The van der Waals surface area contributed by atoms with E-state index in [1.807, 2.05) is 0 Å². The maximum absolute atomic E-state index is 12.8. The molecule has 144 valence electrons. The Labute approximate surface area is 158 Å². The van der Waals surface area contributed by atoms with Crippen molar-refractivity contribution in [2.45, 2.75) is 24.0 Å². The number of oxazole rings is 1. The van der Waals surface area contributed by atoms with E-state index in [1.54, 1.807) is 31.2 Å². The molecule has 10 heteroatoms. The van der Waals surface area contributed by atoms with Crippen molar-refractivity contribution in [3.63, 3.8) is 0 Å². The fourth-order valence-corrected chi connectivity index (χ4v) is 4.31. The van der Waals surface area contributed by atoms with Gasteiger partial charge in [0.1, 0.15) is 10.4 Å². The number of hydrogen-bond donors (Lipinski definition) is 0. The van der Waals surface area contributed by atoms with Crippen LogP contribution in [0, 0.1) is 0 Å². The number of hydrogen-bond acceptors (Lipinski definition) is 4. The number of para-hydroxylation sites is 2. The molecular formula is C17H14ClF3N2O3S. The average molecular weight is 419 g/mol.